The zero-order valence-electron chi connectivity index (χ0n) is 15.1. The highest BCUT2D eigenvalue weighted by atomic mass is 32.1. The highest BCUT2D eigenvalue weighted by Gasteiger charge is 2.09. The van der Waals surface area contributed by atoms with Gasteiger partial charge in [-0.2, -0.15) is 0 Å². The van der Waals surface area contributed by atoms with Gasteiger partial charge in [-0.25, -0.2) is 0 Å². The maximum Gasteiger partial charge on any atom is 0.306 e. The number of hydrogen-bond donors (Lipinski definition) is 2. The molecule has 0 aliphatic carbocycles. The normalized spacial score (nSPS) is 10.0. The fourth-order valence-corrected chi connectivity index (χ4v) is 2.43. The van der Waals surface area contributed by atoms with Gasteiger partial charge in [0, 0.05) is 30.9 Å². The molecule has 1 rings (SSSR count). The number of carbonyl (C=O) groups excluding carboxylic acids is 2. The first-order valence-electron chi connectivity index (χ1n) is 8.61. The van der Waals surface area contributed by atoms with Crippen molar-refractivity contribution in [3.63, 3.8) is 0 Å². The number of anilines is 2. The number of ether oxygens (including phenoxy) is 1. The van der Waals surface area contributed by atoms with E-state index in [-0.39, 0.29) is 29.8 Å². The molecule has 0 aliphatic rings. The Kier molecular flexibility index (Phi) is 9.54. The average Bonchev–Trinajstić information content (AvgIpc) is 2.60. The van der Waals surface area contributed by atoms with E-state index in [0.29, 0.717) is 6.61 Å². The van der Waals surface area contributed by atoms with Crippen LogP contribution in [0.3, 0.4) is 0 Å². The van der Waals surface area contributed by atoms with Crippen molar-refractivity contribution in [2.75, 3.05) is 29.9 Å². The van der Waals surface area contributed by atoms with Gasteiger partial charge in [-0.3, -0.25) is 9.59 Å². The van der Waals surface area contributed by atoms with Gasteiger partial charge in [-0.15, -0.1) is 0 Å². The summed E-state index contributed by atoms with van der Waals surface area (Å²) < 4.78 is 4.92. The first-order valence-corrected chi connectivity index (χ1v) is 9.02. The Bertz CT molecular complexity index is 571. The van der Waals surface area contributed by atoms with Gasteiger partial charge in [0.05, 0.1) is 13.0 Å². The largest absolute Gasteiger partial charge is 0.466 e. The van der Waals surface area contributed by atoms with Crippen molar-refractivity contribution in [1.29, 1.82) is 0 Å². The minimum atomic E-state index is -0.372. The zero-order valence-corrected chi connectivity index (χ0v) is 15.9. The Hall–Kier alpha value is -2.15. The summed E-state index contributed by atoms with van der Waals surface area (Å²) in [6.45, 7) is 8.40. The average molecular weight is 365 g/mol. The van der Waals surface area contributed by atoms with Crippen molar-refractivity contribution in [1.82, 2.24) is 5.32 Å². The lowest BCUT2D eigenvalue weighted by Crippen LogP contribution is -2.34. The zero-order chi connectivity index (χ0) is 18.7. The summed E-state index contributed by atoms with van der Waals surface area (Å²) in [4.78, 5) is 25.4. The topological polar surface area (TPSA) is 70.7 Å². The molecule has 0 fully saturated rings. The fraction of sp³-hybridized carbons (Fsp3) is 0.500. The van der Waals surface area contributed by atoms with Gasteiger partial charge in [0.2, 0.25) is 5.91 Å². The van der Waals surface area contributed by atoms with Gasteiger partial charge >= 0.3 is 5.97 Å². The molecule has 0 atom stereocenters. The smallest absolute Gasteiger partial charge is 0.306 e. The van der Waals surface area contributed by atoms with Crippen LogP contribution in [0.1, 0.15) is 40.0 Å². The highest BCUT2D eigenvalue weighted by molar-refractivity contribution is 7.80. The van der Waals surface area contributed by atoms with Crippen LogP contribution in [0.25, 0.3) is 0 Å². The second-order valence-electron chi connectivity index (χ2n) is 5.44. The molecule has 25 heavy (non-hydrogen) atoms. The molecule has 2 N–H and O–H groups in total. The Morgan fingerprint density at radius 3 is 2.28 bits per heavy atom. The van der Waals surface area contributed by atoms with E-state index in [4.69, 9.17) is 17.0 Å². The number of hydrogen-bond acceptors (Lipinski definition) is 5. The lowest BCUT2D eigenvalue weighted by Gasteiger charge is -2.21. The van der Waals surface area contributed by atoms with Crippen molar-refractivity contribution >= 4 is 40.6 Å². The SMILES string of the molecule is CCCOC(=O)CCC(=O)NC(=S)Nc1ccc(N(CC)CC)cc1. The van der Waals surface area contributed by atoms with E-state index in [1.165, 1.54) is 0 Å². The predicted molar refractivity (Wildman–Crippen MR) is 105 cm³/mol. The van der Waals surface area contributed by atoms with Crippen molar-refractivity contribution < 1.29 is 14.3 Å². The Labute approximate surface area is 154 Å². The summed E-state index contributed by atoms with van der Waals surface area (Å²) in [5.41, 5.74) is 1.93. The molecule has 0 saturated carbocycles. The predicted octanol–water partition coefficient (Wildman–Crippen LogP) is 3.08. The molecule has 0 aliphatic heterocycles. The summed E-state index contributed by atoms with van der Waals surface area (Å²) >= 11 is 5.12. The van der Waals surface area contributed by atoms with Gasteiger partial charge in [-0.05, 0) is 56.8 Å². The van der Waals surface area contributed by atoms with Gasteiger partial charge in [0.25, 0.3) is 0 Å². The van der Waals surface area contributed by atoms with Crippen molar-refractivity contribution in [3.05, 3.63) is 24.3 Å². The third kappa shape index (κ3) is 7.98. The number of carbonyl (C=O) groups is 2. The highest BCUT2D eigenvalue weighted by Crippen LogP contribution is 2.17. The summed E-state index contributed by atoms with van der Waals surface area (Å²) in [7, 11) is 0. The van der Waals surface area contributed by atoms with E-state index in [0.717, 1.165) is 30.9 Å². The lowest BCUT2D eigenvalue weighted by molar-refractivity contribution is -0.144. The summed E-state index contributed by atoms with van der Waals surface area (Å²) in [5.74, 6) is -0.687. The van der Waals surface area contributed by atoms with E-state index in [1.54, 1.807) is 0 Å². The third-order valence-electron chi connectivity index (χ3n) is 3.53. The molecule has 1 aromatic carbocycles. The number of nitrogens with zero attached hydrogens (tertiary/aromatic N) is 1. The number of esters is 1. The van der Waals surface area contributed by atoms with E-state index < -0.39 is 0 Å². The van der Waals surface area contributed by atoms with E-state index >= 15 is 0 Å². The third-order valence-corrected chi connectivity index (χ3v) is 3.73. The maximum atomic E-state index is 11.8. The second kappa shape index (κ2) is 11.4. The standard InChI is InChI=1S/C18H27N3O3S/c1-4-13-24-17(23)12-11-16(22)20-18(25)19-14-7-9-15(10-8-14)21(5-2)6-3/h7-10H,4-6,11-13H2,1-3H3,(H2,19,20,22,25). The van der Waals surface area contributed by atoms with Crippen molar-refractivity contribution in [3.8, 4) is 0 Å². The van der Waals surface area contributed by atoms with Crippen molar-refractivity contribution in [2.24, 2.45) is 0 Å². The number of benzene rings is 1. The molecule has 0 spiro atoms. The molecule has 0 heterocycles. The van der Waals surface area contributed by atoms with Crippen LogP contribution in [0.15, 0.2) is 24.3 Å². The first kappa shape index (κ1) is 20.9. The minimum Gasteiger partial charge on any atom is -0.466 e. The van der Waals surface area contributed by atoms with E-state index in [1.807, 2.05) is 31.2 Å². The van der Waals surface area contributed by atoms with Crippen LogP contribution in [0, 0.1) is 0 Å². The lowest BCUT2D eigenvalue weighted by atomic mass is 10.2. The van der Waals surface area contributed by atoms with Crippen LogP contribution in [0.2, 0.25) is 0 Å². The fourth-order valence-electron chi connectivity index (χ4n) is 2.20. The molecule has 7 heteroatoms. The molecular formula is C18H27N3O3S. The summed E-state index contributed by atoms with van der Waals surface area (Å²) in [6.07, 6.45) is 0.858. The van der Waals surface area contributed by atoms with Crippen LogP contribution in [0.4, 0.5) is 11.4 Å². The molecule has 1 amide bonds. The molecule has 138 valence electrons. The Morgan fingerprint density at radius 2 is 1.72 bits per heavy atom. The summed E-state index contributed by atoms with van der Waals surface area (Å²) in [6, 6.07) is 7.83. The van der Waals surface area contributed by atoms with Crippen LogP contribution in [-0.2, 0) is 14.3 Å². The maximum absolute atomic E-state index is 11.8. The molecular weight excluding hydrogens is 338 g/mol. The van der Waals surface area contributed by atoms with Gasteiger partial charge < -0.3 is 20.3 Å². The number of nitrogens with one attached hydrogen (secondary N) is 2. The molecule has 6 nitrogen and oxygen atoms in total. The Balaban J connectivity index is 2.40. The van der Waals surface area contributed by atoms with E-state index in [9.17, 15) is 9.59 Å². The summed E-state index contributed by atoms with van der Waals surface area (Å²) in [5, 5.41) is 5.74. The van der Waals surface area contributed by atoms with Gasteiger partial charge in [0.1, 0.15) is 0 Å². The Morgan fingerprint density at radius 1 is 1.08 bits per heavy atom. The van der Waals surface area contributed by atoms with Crippen LogP contribution >= 0.6 is 12.2 Å². The van der Waals surface area contributed by atoms with Gasteiger partial charge in [0.15, 0.2) is 5.11 Å². The molecule has 0 radical (unpaired) electrons. The monoisotopic (exact) mass is 365 g/mol. The van der Waals surface area contributed by atoms with Crippen LogP contribution in [-0.4, -0.2) is 36.7 Å². The van der Waals surface area contributed by atoms with Crippen molar-refractivity contribution in [2.45, 2.75) is 40.0 Å². The molecule has 0 bridgehead atoms. The molecule has 0 aromatic heterocycles. The van der Waals surface area contributed by atoms with Crippen LogP contribution in [0.5, 0.6) is 0 Å². The molecule has 0 unspecified atom stereocenters. The van der Waals surface area contributed by atoms with Crippen LogP contribution < -0.4 is 15.5 Å². The molecule has 0 saturated heterocycles. The number of amides is 1. The number of rotatable bonds is 9. The second-order valence-corrected chi connectivity index (χ2v) is 5.85. The van der Waals surface area contributed by atoms with E-state index in [2.05, 4.69) is 29.4 Å². The molecule has 1 aromatic rings. The first-order chi connectivity index (χ1) is 12.0. The van der Waals surface area contributed by atoms with Gasteiger partial charge in [-0.1, -0.05) is 6.92 Å². The minimum absolute atomic E-state index is 0.0469. The number of thiocarbonyl (C=S) groups is 1. The quantitative estimate of drug-likeness (QED) is 0.518.